The number of piperazine rings is 1. The number of ether oxygens (including phenoxy) is 1. The molecule has 0 unspecified atom stereocenters. The predicted octanol–water partition coefficient (Wildman–Crippen LogP) is 1.30. The SMILES string of the molecule is CC(=O)N1CCN(C(=O)COc2ccc3ncccc3c2)CC1. The molecule has 2 heterocycles. The van der Waals surface area contributed by atoms with E-state index in [1.165, 1.54) is 0 Å². The molecule has 0 atom stereocenters. The molecule has 1 aromatic carbocycles. The van der Waals surface area contributed by atoms with Crippen molar-refractivity contribution in [1.82, 2.24) is 14.8 Å². The van der Waals surface area contributed by atoms with Gasteiger partial charge in [-0.25, -0.2) is 0 Å². The largest absolute Gasteiger partial charge is 0.484 e. The van der Waals surface area contributed by atoms with Crippen LogP contribution in [0, 0.1) is 0 Å². The Morgan fingerprint density at radius 3 is 2.61 bits per heavy atom. The van der Waals surface area contributed by atoms with E-state index in [1.54, 1.807) is 22.9 Å². The van der Waals surface area contributed by atoms with Crippen LogP contribution in [0.4, 0.5) is 0 Å². The Morgan fingerprint density at radius 1 is 1.13 bits per heavy atom. The van der Waals surface area contributed by atoms with Gasteiger partial charge in [-0.15, -0.1) is 0 Å². The first kappa shape index (κ1) is 15.3. The number of nitrogens with zero attached hydrogens (tertiary/aromatic N) is 3. The topological polar surface area (TPSA) is 62.7 Å². The first-order valence-corrected chi connectivity index (χ1v) is 7.64. The predicted molar refractivity (Wildman–Crippen MR) is 86.1 cm³/mol. The van der Waals surface area contributed by atoms with Crippen LogP contribution < -0.4 is 4.74 Å². The van der Waals surface area contributed by atoms with Crippen LogP contribution in [-0.2, 0) is 9.59 Å². The fourth-order valence-corrected chi connectivity index (χ4v) is 2.65. The summed E-state index contributed by atoms with van der Waals surface area (Å²) in [5.74, 6) is 0.652. The molecule has 3 rings (SSSR count). The monoisotopic (exact) mass is 313 g/mol. The Balaban J connectivity index is 1.55. The molecule has 0 radical (unpaired) electrons. The molecule has 23 heavy (non-hydrogen) atoms. The normalized spacial score (nSPS) is 14.8. The Kier molecular flexibility index (Phi) is 4.41. The number of amides is 2. The number of aromatic nitrogens is 1. The third kappa shape index (κ3) is 3.59. The molecule has 2 amide bonds. The molecule has 1 saturated heterocycles. The van der Waals surface area contributed by atoms with Crippen molar-refractivity contribution in [3.05, 3.63) is 36.5 Å². The van der Waals surface area contributed by atoms with Crippen molar-refractivity contribution < 1.29 is 14.3 Å². The fraction of sp³-hybridized carbons (Fsp3) is 0.353. The zero-order valence-electron chi connectivity index (χ0n) is 13.1. The van der Waals surface area contributed by atoms with Crippen molar-refractivity contribution >= 4 is 22.7 Å². The summed E-state index contributed by atoms with van der Waals surface area (Å²) in [6, 6.07) is 9.39. The number of hydrogen-bond donors (Lipinski definition) is 0. The number of rotatable bonds is 3. The Labute approximate surface area is 134 Å². The lowest BCUT2D eigenvalue weighted by Crippen LogP contribution is -2.51. The van der Waals surface area contributed by atoms with Crippen molar-refractivity contribution in [3.63, 3.8) is 0 Å². The summed E-state index contributed by atoms with van der Waals surface area (Å²) in [5, 5.41) is 0.979. The zero-order valence-corrected chi connectivity index (χ0v) is 13.1. The van der Waals surface area contributed by atoms with Gasteiger partial charge >= 0.3 is 0 Å². The highest BCUT2D eigenvalue weighted by molar-refractivity contribution is 5.81. The maximum Gasteiger partial charge on any atom is 0.260 e. The summed E-state index contributed by atoms with van der Waals surface area (Å²) in [4.78, 5) is 31.2. The molecule has 1 aliphatic heterocycles. The standard InChI is InChI=1S/C17H19N3O3/c1-13(21)19-7-9-20(10-8-19)17(22)12-23-15-4-5-16-14(11-15)3-2-6-18-16/h2-6,11H,7-10,12H2,1H3. The van der Waals surface area contributed by atoms with Gasteiger partial charge in [-0.3, -0.25) is 14.6 Å². The van der Waals surface area contributed by atoms with Crippen LogP contribution in [0.25, 0.3) is 10.9 Å². The summed E-state index contributed by atoms with van der Waals surface area (Å²) in [6.45, 7) is 3.85. The molecule has 2 aromatic rings. The third-order valence-electron chi connectivity index (χ3n) is 4.01. The third-order valence-corrected chi connectivity index (χ3v) is 4.01. The van der Waals surface area contributed by atoms with Gasteiger partial charge in [0.2, 0.25) is 5.91 Å². The number of fused-ring (bicyclic) bond motifs is 1. The number of hydrogen-bond acceptors (Lipinski definition) is 4. The molecule has 1 fully saturated rings. The molecular weight excluding hydrogens is 294 g/mol. The minimum atomic E-state index is -0.0560. The average Bonchev–Trinajstić information content (AvgIpc) is 2.59. The van der Waals surface area contributed by atoms with E-state index in [0.29, 0.717) is 31.9 Å². The second kappa shape index (κ2) is 6.64. The van der Waals surface area contributed by atoms with Crippen molar-refractivity contribution in [2.75, 3.05) is 32.8 Å². The second-order valence-corrected chi connectivity index (χ2v) is 5.53. The molecule has 0 saturated carbocycles. The summed E-state index contributed by atoms with van der Waals surface area (Å²) in [6.07, 6.45) is 1.74. The van der Waals surface area contributed by atoms with Gasteiger partial charge < -0.3 is 14.5 Å². The van der Waals surface area contributed by atoms with E-state index in [9.17, 15) is 9.59 Å². The van der Waals surface area contributed by atoms with Crippen molar-refractivity contribution in [1.29, 1.82) is 0 Å². The van der Waals surface area contributed by atoms with Gasteiger partial charge in [-0.05, 0) is 24.3 Å². The van der Waals surface area contributed by atoms with E-state index >= 15 is 0 Å². The number of carbonyl (C=O) groups is 2. The number of benzene rings is 1. The van der Waals surface area contributed by atoms with Crippen LogP contribution in [-0.4, -0.2) is 59.4 Å². The van der Waals surface area contributed by atoms with E-state index in [2.05, 4.69) is 4.98 Å². The van der Waals surface area contributed by atoms with Crippen molar-refractivity contribution in [2.24, 2.45) is 0 Å². The summed E-state index contributed by atoms with van der Waals surface area (Å²) in [7, 11) is 0. The lowest BCUT2D eigenvalue weighted by Gasteiger charge is -2.34. The summed E-state index contributed by atoms with van der Waals surface area (Å²) in [5.41, 5.74) is 0.895. The maximum absolute atomic E-state index is 12.2. The highest BCUT2D eigenvalue weighted by Crippen LogP contribution is 2.19. The summed E-state index contributed by atoms with van der Waals surface area (Å²) < 4.78 is 5.60. The molecule has 0 bridgehead atoms. The maximum atomic E-state index is 12.2. The first-order valence-electron chi connectivity index (χ1n) is 7.64. The van der Waals surface area contributed by atoms with Crippen molar-refractivity contribution in [2.45, 2.75) is 6.92 Å². The highest BCUT2D eigenvalue weighted by Gasteiger charge is 2.22. The first-order chi connectivity index (χ1) is 11.1. The molecule has 1 aliphatic rings. The van der Waals surface area contributed by atoms with Crippen molar-refractivity contribution in [3.8, 4) is 5.75 Å². The molecule has 6 heteroatoms. The van der Waals surface area contributed by atoms with Crippen LogP contribution in [0.5, 0.6) is 5.75 Å². The van der Waals surface area contributed by atoms with Crippen LogP contribution in [0.1, 0.15) is 6.92 Å². The number of carbonyl (C=O) groups excluding carboxylic acids is 2. The Bertz CT molecular complexity index is 724. The molecule has 0 aliphatic carbocycles. The van der Waals surface area contributed by atoms with Gasteiger partial charge in [0, 0.05) is 44.7 Å². The van der Waals surface area contributed by atoms with Crippen LogP contribution >= 0.6 is 0 Å². The molecule has 0 N–H and O–H groups in total. The fourth-order valence-electron chi connectivity index (χ4n) is 2.65. The van der Waals surface area contributed by atoms with Gasteiger partial charge in [0.25, 0.3) is 5.91 Å². The quantitative estimate of drug-likeness (QED) is 0.857. The van der Waals surface area contributed by atoms with Crippen LogP contribution in [0.3, 0.4) is 0 Å². The Morgan fingerprint density at radius 2 is 1.87 bits per heavy atom. The lowest BCUT2D eigenvalue weighted by atomic mass is 10.2. The minimum Gasteiger partial charge on any atom is -0.484 e. The van der Waals surface area contributed by atoms with Crippen LogP contribution in [0.2, 0.25) is 0 Å². The van der Waals surface area contributed by atoms with Gasteiger partial charge in [0.1, 0.15) is 5.75 Å². The van der Waals surface area contributed by atoms with Gasteiger partial charge in [-0.1, -0.05) is 6.07 Å². The highest BCUT2D eigenvalue weighted by atomic mass is 16.5. The van der Waals surface area contributed by atoms with Gasteiger partial charge in [0.05, 0.1) is 5.52 Å². The van der Waals surface area contributed by atoms with E-state index in [4.69, 9.17) is 4.74 Å². The lowest BCUT2D eigenvalue weighted by molar-refractivity contribution is -0.139. The summed E-state index contributed by atoms with van der Waals surface area (Å²) >= 11 is 0. The minimum absolute atomic E-state index is 0.00579. The van der Waals surface area contributed by atoms with Gasteiger partial charge in [-0.2, -0.15) is 0 Å². The van der Waals surface area contributed by atoms with Gasteiger partial charge in [0.15, 0.2) is 6.61 Å². The van der Waals surface area contributed by atoms with Crippen LogP contribution in [0.15, 0.2) is 36.5 Å². The number of pyridine rings is 1. The average molecular weight is 313 g/mol. The molecule has 0 spiro atoms. The Hall–Kier alpha value is -2.63. The second-order valence-electron chi connectivity index (χ2n) is 5.53. The molecular formula is C17H19N3O3. The smallest absolute Gasteiger partial charge is 0.260 e. The van der Waals surface area contributed by atoms with E-state index in [0.717, 1.165) is 10.9 Å². The van der Waals surface area contributed by atoms with E-state index in [1.807, 2.05) is 30.3 Å². The van der Waals surface area contributed by atoms with E-state index in [-0.39, 0.29) is 18.4 Å². The molecule has 6 nitrogen and oxygen atoms in total. The zero-order chi connectivity index (χ0) is 16.2. The van der Waals surface area contributed by atoms with E-state index < -0.39 is 0 Å². The molecule has 120 valence electrons. The molecule has 1 aromatic heterocycles.